The molecule has 1 heterocycles. The van der Waals surface area contributed by atoms with Gasteiger partial charge >= 0.3 is 0 Å². The van der Waals surface area contributed by atoms with E-state index in [2.05, 4.69) is 11.1 Å². The van der Waals surface area contributed by atoms with E-state index in [-0.39, 0.29) is 6.10 Å². The fourth-order valence-corrected chi connectivity index (χ4v) is 0.954. The Bertz CT molecular complexity index is 340. The van der Waals surface area contributed by atoms with Gasteiger partial charge in [-0.1, -0.05) is 13.8 Å². The van der Waals surface area contributed by atoms with Gasteiger partial charge in [-0.2, -0.15) is 5.26 Å². The molecule has 0 spiro atoms. The quantitative estimate of drug-likeness (QED) is 0.747. The molecule has 0 unspecified atom stereocenters. The van der Waals surface area contributed by atoms with Crippen LogP contribution in [0.3, 0.4) is 0 Å². The number of rotatable bonds is 2. The fraction of sp³-hybridized carbons (Fsp3) is 0.500. The van der Waals surface area contributed by atoms with Crippen molar-refractivity contribution in [2.45, 2.75) is 40.7 Å². The van der Waals surface area contributed by atoms with Crippen molar-refractivity contribution in [3.8, 4) is 11.9 Å². The molecule has 0 saturated heterocycles. The summed E-state index contributed by atoms with van der Waals surface area (Å²) in [6.07, 6.45) is 1.74. The monoisotopic (exact) mass is 206 g/mol. The molecule has 0 radical (unpaired) electrons. The van der Waals surface area contributed by atoms with Crippen LogP contribution in [0.1, 0.15) is 38.8 Å². The zero-order chi connectivity index (χ0) is 11.8. The summed E-state index contributed by atoms with van der Waals surface area (Å²) in [7, 11) is 0. The number of nitrogens with zero attached hydrogens (tertiary/aromatic N) is 2. The van der Waals surface area contributed by atoms with Crippen molar-refractivity contribution in [1.29, 1.82) is 5.26 Å². The normalized spacial score (nSPS) is 8.87. The van der Waals surface area contributed by atoms with Crippen LogP contribution < -0.4 is 4.74 Å². The molecule has 0 fully saturated rings. The molecule has 0 N–H and O–H groups in total. The molecule has 0 saturated carbocycles. The highest BCUT2D eigenvalue weighted by atomic mass is 16.5. The van der Waals surface area contributed by atoms with Crippen LogP contribution in [-0.4, -0.2) is 11.1 Å². The van der Waals surface area contributed by atoms with E-state index in [1.54, 1.807) is 12.3 Å². The standard InChI is InChI=1S/C10H12N2O.C2H6/c1-7(2)13-10-9(5-11)4-8(3)6-12-10;1-2/h4,6-7H,1-3H3;1-2H3. The van der Waals surface area contributed by atoms with Crippen LogP contribution >= 0.6 is 0 Å². The highest BCUT2D eigenvalue weighted by Gasteiger charge is 2.06. The predicted molar refractivity (Wildman–Crippen MR) is 60.8 cm³/mol. The minimum atomic E-state index is 0.0438. The van der Waals surface area contributed by atoms with Gasteiger partial charge in [0.05, 0.1) is 6.10 Å². The van der Waals surface area contributed by atoms with Crippen LogP contribution in [0.25, 0.3) is 0 Å². The fourth-order valence-electron chi connectivity index (χ4n) is 0.954. The van der Waals surface area contributed by atoms with Crippen LogP contribution in [0.4, 0.5) is 0 Å². The van der Waals surface area contributed by atoms with Crippen LogP contribution in [0.15, 0.2) is 12.3 Å². The molecule has 0 aliphatic carbocycles. The van der Waals surface area contributed by atoms with E-state index in [1.807, 2.05) is 34.6 Å². The topological polar surface area (TPSA) is 45.9 Å². The molecule has 0 aliphatic rings. The van der Waals surface area contributed by atoms with E-state index in [4.69, 9.17) is 10.00 Å². The Labute approximate surface area is 91.7 Å². The second-order valence-electron chi connectivity index (χ2n) is 3.14. The molecular weight excluding hydrogens is 188 g/mol. The summed E-state index contributed by atoms with van der Waals surface area (Å²) in [5.74, 6) is 0.420. The minimum absolute atomic E-state index is 0.0438. The summed E-state index contributed by atoms with van der Waals surface area (Å²) in [6, 6.07) is 3.82. The van der Waals surface area contributed by atoms with Crippen LogP contribution in [0.2, 0.25) is 0 Å². The lowest BCUT2D eigenvalue weighted by molar-refractivity contribution is 0.232. The molecule has 0 aliphatic heterocycles. The Morgan fingerprint density at radius 3 is 2.47 bits per heavy atom. The Morgan fingerprint density at radius 1 is 1.40 bits per heavy atom. The van der Waals surface area contributed by atoms with Crippen molar-refractivity contribution < 1.29 is 4.74 Å². The second-order valence-corrected chi connectivity index (χ2v) is 3.14. The third-order valence-corrected chi connectivity index (χ3v) is 1.46. The molecule has 1 aromatic heterocycles. The molecule has 0 bridgehead atoms. The lowest BCUT2D eigenvalue weighted by atomic mass is 10.2. The van der Waals surface area contributed by atoms with Crippen LogP contribution in [0.5, 0.6) is 5.88 Å². The van der Waals surface area contributed by atoms with Gasteiger partial charge in [0.1, 0.15) is 11.6 Å². The van der Waals surface area contributed by atoms with Crippen LogP contribution in [0, 0.1) is 18.3 Å². The molecule has 15 heavy (non-hydrogen) atoms. The number of aryl methyl sites for hydroxylation is 1. The van der Waals surface area contributed by atoms with E-state index in [1.165, 1.54) is 0 Å². The second kappa shape index (κ2) is 6.83. The molecule has 0 atom stereocenters. The number of hydrogen-bond donors (Lipinski definition) is 0. The van der Waals surface area contributed by atoms with Crippen molar-refractivity contribution in [2.75, 3.05) is 0 Å². The van der Waals surface area contributed by atoms with Gasteiger partial charge in [0, 0.05) is 6.20 Å². The average molecular weight is 206 g/mol. The zero-order valence-corrected chi connectivity index (χ0v) is 10.0. The maximum atomic E-state index is 8.79. The lowest BCUT2D eigenvalue weighted by Gasteiger charge is -2.09. The third kappa shape index (κ3) is 4.46. The van der Waals surface area contributed by atoms with E-state index in [9.17, 15) is 0 Å². The van der Waals surface area contributed by atoms with Gasteiger partial charge < -0.3 is 4.74 Å². The van der Waals surface area contributed by atoms with Crippen molar-refractivity contribution in [3.63, 3.8) is 0 Å². The minimum Gasteiger partial charge on any atom is -0.474 e. The summed E-state index contributed by atoms with van der Waals surface area (Å²) < 4.78 is 5.36. The van der Waals surface area contributed by atoms with Gasteiger partial charge in [-0.15, -0.1) is 0 Å². The first-order valence-electron chi connectivity index (χ1n) is 5.17. The SMILES string of the molecule is CC.Cc1cnc(OC(C)C)c(C#N)c1. The molecule has 3 nitrogen and oxygen atoms in total. The van der Waals surface area contributed by atoms with Crippen molar-refractivity contribution in [3.05, 3.63) is 23.4 Å². The molecule has 1 aromatic rings. The Hall–Kier alpha value is -1.56. The van der Waals surface area contributed by atoms with Gasteiger partial charge in [-0.05, 0) is 32.4 Å². The number of nitriles is 1. The molecule has 1 rings (SSSR count). The number of aromatic nitrogens is 1. The van der Waals surface area contributed by atoms with Gasteiger partial charge in [-0.25, -0.2) is 4.98 Å². The van der Waals surface area contributed by atoms with Gasteiger partial charge in [-0.3, -0.25) is 0 Å². The van der Waals surface area contributed by atoms with Gasteiger partial charge in [0.25, 0.3) is 0 Å². The molecule has 0 amide bonds. The number of hydrogen-bond acceptors (Lipinski definition) is 3. The average Bonchev–Trinajstić information content (AvgIpc) is 2.23. The third-order valence-electron chi connectivity index (χ3n) is 1.46. The van der Waals surface area contributed by atoms with E-state index >= 15 is 0 Å². The van der Waals surface area contributed by atoms with E-state index in [0.29, 0.717) is 11.4 Å². The maximum absolute atomic E-state index is 8.79. The Kier molecular flexibility index (Phi) is 6.12. The molecular formula is C12H18N2O. The summed E-state index contributed by atoms with van der Waals surface area (Å²) in [5, 5.41) is 8.79. The van der Waals surface area contributed by atoms with Crippen molar-refractivity contribution in [1.82, 2.24) is 4.98 Å². The Morgan fingerprint density at radius 2 is 2.00 bits per heavy atom. The summed E-state index contributed by atoms with van der Waals surface area (Å²) in [5.41, 5.74) is 1.46. The largest absolute Gasteiger partial charge is 0.474 e. The number of pyridine rings is 1. The zero-order valence-electron chi connectivity index (χ0n) is 10.0. The smallest absolute Gasteiger partial charge is 0.231 e. The summed E-state index contributed by atoms with van der Waals surface area (Å²) in [4.78, 5) is 4.04. The van der Waals surface area contributed by atoms with Crippen molar-refractivity contribution >= 4 is 0 Å². The van der Waals surface area contributed by atoms with Gasteiger partial charge in [0.15, 0.2) is 0 Å². The summed E-state index contributed by atoms with van der Waals surface area (Å²) in [6.45, 7) is 9.71. The number of ether oxygens (including phenoxy) is 1. The summed E-state index contributed by atoms with van der Waals surface area (Å²) >= 11 is 0. The molecule has 82 valence electrons. The first-order chi connectivity index (χ1) is 7.13. The molecule has 0 aromatic carbocycles. The Balaban J connectivity index is 0.000000921. The first kappa shape index (κ1) is 13.4. The highest BCUT2D eigenvalue weighted by molar-refractivity contribution is 5.39. The highest BCUT2D eigenvalue weighted by Crippen LogP contribution is 2.16. The predicted octanol–water partition coefficient (Wildman–Crippen LogP) is 3.08. The van der Waals surface area contributed by atoms with E-state index in [0.717, 1.165) is 5.56 Å². The van der Waals surface area contributed by atoms with Gasteiger partial charge in [0.2, 0.25) is 5.88 Å². The first-order valence-corrected chi connectivity index (χ1v) is 5.17. The van der Waals surface area contributed by atoms with Crippen molar-refractivity contribution in [2.24, 2.45) is 0 Å². The maximum Gasteiger partial charge on any atom is 0.231 e. The molecule has 3 heteroatoms. The van der Waals surface area contributed by atoms with E-state index < -0.39 is 0 Å². The lowest BCUT2D eigenvalue weighted by Crippen LogP contribution is -2.08. The van der Waals surface area contributed by atoms with Crippen LogP contribution in [-0.2, 0) is 0 Å².